The minimum atomic E-state index is -0.117. The molecule has 0 unspecified atom stereocenters. The van der Waals surface area contributed by atoms with Gasteiger partial charge in [0, 0.05) is 28.6 Å². The molecule has 3 heterocycles. The summed E-state index contributed by atoms with van der Waals surface area (Å²) in [6, 6.07) is 12.0. The van der Waals surface area contributed by atoms with E-state index in [0.29, 0.717) is 5.56 Å². The van der Waals surface area contributed by atoms with E-state index in [2.05, 4.69) is 6.92 Å². The molecule has 2 bridgehead atoms. The van der Waals surface area contributed by atoms with Crippen molar-refractivity contribution in [2.75, 3.05) is 6.61 Å². The van der Waals surface area contributed by atoms with Crippen LogP contribution in [0.5, 0.6) is 0 Å². The Morgan fingerprint density at radius 3 is 2.80 bits per heavy atom. The lowest BCUT2D eigenvalue weighted by Gasteiger charge is -2.34. The van der Waals surface area contributed by atoms with Crippen LogP contribution in [0.2, 0.25) is 0 Å². The van der Waals surface area contributed by atoms with Gasteiger partial charge in [0.2, 0.25) is 0 Å². The van der Waals surface area contributed by atoms with Crippen molar-refractivity contribution in [1.82, 2.24) is 4.90 Å². The fourth-order valence-electron chi connectivity index (χ4n) is 4.80. The Bertz CT molecular complexity index is 790. The van der Waals surface area contributed by atoms with Gasteiger partial charge in [0.1, 0.15) is 11.5 Å². The molecule has 1 N–H and O–H groups in total. The van der Waals surface area contributed by atoms with Gasteiger partial charge >= 0.3 is 0 Å². The first-order valence-corrected chi connectivity index (χ1v) is 9.18. The van der Waals surface area contributed by atoms with Crippen LogP contribution < -0.4 is 0 Å². The molecule has 25 heavy (non-hydrogen) atoms. The molecule has 2 saturated heterocycles. The van der Waals surface area contributed by atoms with Crippen LogP contribution in [0.25, 0.3) is 11.3 Å². The molecule has 1 aromatic carbocycles. The quantitative estimate of drug-likeness (QED) is 0.915. The van der Waals surface area contributed by atoms with E-state index in [1.807, 2.05) is 48.2 Å². The number of rotatable bonds is 4. The number of benzene rings is 1. The number of carbonyl (C=O) groups is 1. The molecular weight excluding hydrogens is 314 g/mol. The highest BCUT2D eigenvalue weighted by atomic mass is 16.3. The third kappa shape index (κ3) is 2.51. The fourth-order valence-corrected chi connectivity index (χ4v) is 4.80. The van der Waals surface area contributed by atoms with Crippen molar-refractivity contribution in [3.63, 3.8) is 0 Å². The van der Waals surface area contributed by atoms with Gasteiger partial charge in [-0.3, -0.25) is 4.79 Å². The van der Waals surface area contributed by atoms with Gasteiger partial charge in [-0.2, -0.15) is 0 Å². The summed E-state index contributed by atoms with van der Waals surface area (Å²) in [5.41, 5.74) is 1.51. The molecule has 0 aliphatic carbocycles. The molecule has 4 nitrogen and oxygen atoms in total. The molecule has 2 aliphatic rings. The Kier molecular flexibility index (Phi) is 3.95. The summed E-state index contributed by atoms with van der Waals surface area (Å²) in [7, 11) is 0. The molecule has 0 spiro atoms. The van der Waals surface area contributed by atoms with Crippen LogP contribution in [-0.4, -0.2) is 34.6 Å². The van der Waals surface area contributed by atoms with Gasteiger partial charge in [-0.05, 0) is 56.9 Å². The number of aliphatic hydroxyl groups is 1. The zero-order valence-electron chi connectivity index (χ0n) is 14.9. The molecule has 2 aliphatic heterocycles. The van der Waals surface area contributed by atoms with Crippen molar-refractivity contribution in [1.29, 1.82) is 0 Å². The summed E-state index contributed by atoms with van der Waals surface area (Å²) < 4.78 is 5.69. The molecule has 3 atom stereocenters. The second-order valence-corrected chi connectivity index (χ2v) is 7.53. The molecule has 2 aromatic rings. The number of furan rings is 1. The highest BCUT2D eigenvalue weighted by Crippen LogP contribution is 2.51. The average Bonchev–Trinajstić information content (AvgIpc) is 3.34. The van der Waals surface area contributed by atoms with Crippen molar-refractivity contribution in [3.8, 4) is 11.3 Å². The Morgan fingerprint density at radius 1 is 1.32 bits per heavy atom. The molecule has 4 rings (SSSR count). The van der Waals surface area contributed by atoms with Crippen LogP contribution in [0.4, 0.5) is 0 Å². The number of hydrogen-bond acceptors (Lipinski definition) is 3. The predicted octanol–water partition coefficient (Wildman–Crippen LogP) is 4.02. The van der Waals surface area contributed by atoms with E-state index in [1.54, 1.807) is 0 Å². The number of amides is 1. The molecule has 0 saturated carbocycles. The lowest BCUT2D eigenvalue weighted by atomic mass is 9.72. The first-order valence-electron chi connectivity index (χ1n) is 9.18. The minimum absolute atomic E-state index is 0.0846. The van der Waals surface area contributed by atoms with Gasteiger partial charge in [0.15, 0.2) is 0 Å². The average molecular weight is 339 g/mol. The van der Waals surface area contributed by atoms with E-state index < -0.39 is 0 Å². The van der Waals surface area contributed by atoms with Crippen molar-refractivity contribution < 1.29 is 14.3 Å². The highest BCUT2D eigenvalue weighted by molar-refractivity contribution is 5.96. The van der Waals surface area contributed by atoms with Crippen molar-refractivity contribution >= 4 is 5.91 Å². The number of nitrogens with zero attached hydrogens (tertiary/aromatic N) is 1. The molecule has 0 radical (unpaired) electrons. The van der Waals surface area contributed by atoms with Gasteiger partial charge in [0.25, 0.3) is 5.91 Å². The van der Waals surface area contributed by atoms with Crippen LogP contribution in [0.1, 0.15) is 48.7 Å². The normalized spacial score (nSPS) is 27.9. The maximum Gasteiger partial charge on any atom is 0.254 e. The van der Waals surface area contributed by atoms with Gasteiger partial charge in [0.05, 0.1) is 6.61 Å². The van der Waals surface area contributed by atoms with Gasteiger partial charge in [-0.15, -0.1) is 0 Å². The van der Waals surface area contributed by atoms with E-state index in [4.69, 9.17) is 4.42 Å². The summed E-state index contributed by atoms with van der Waals surface area (Å²) in [4.78, 5) is 15.3. The summed E-state index contributed by atoms with van der Waals surface area (Å²) in [5, 5.41) is 9.95. The fraction of sp³-hybridized carbons (Fsp3) is 0.476. The molecule has 1 aromatic heterocycles. The zero-order valence-corrected chi connectivity index (χ0v) is 14.9. The van der Waals surface area contributed by atoms with E-state index in [-0.39, 0.29) is 30.0 Å². The predicted molar refractivity (Wildman–Crippen MR) is 96.3 cm³/mol. The Hall–Kier alpha value is -2.07. The van der Waals surface area contributed by atoms with Crippen LogP contribution in [0.15, 0.2) is 40.8 Å². The first-order chi connectivity index (χ1) is 12.1. The van der Waals surface area contributed by atoms with Crippen molar-refractivity contribution in [2.45, 2.75) is 51.6 Å². The summed E-state index contributed by atoms with van der Waals surface area (Å²) in [6.45, 7) is 4.21. The number of aliphatic hydroxyl groups excluding tert-OH is 1. The maximum atomic E-state index is 13.2. The first kappa shape index (κ1) is 16.4. The van der Waals surface area contributed by atoms with E-state index >= 15 is 0 Å². The highest BCUT2D eigenvalue weighted by Gasteiger charge is 2.56. The Balaban J connectivity index is 1.64. The molecule has 132 valence electrons. The smallest absolute Gasteiger partial charge is 0.254 e. The molecular formula is C21H25NO3. The molecule has 4 heteroatoms. The third-order valence-corrected chi connectivity index (χ3v) is 6.24. The molecule has 1 amide bonds. The van der Waals surface area contributed by atoms with E-state index in [1.165, 1.54) is 0 Å². The summed E-state index contributed by atoms with van der Waals surface area (Å²) in [5.74, 6) is 1.73. The van der Waals surface area contributed by atoms with E-state index in [9.17, 15) is 9.90 Å². The van der Waals surface area contributed by atoms with Crippen LogP contribution >= 0.6 is 0 Å². The largest absolute Gasteiger partial charge is 0.461 e. The van der Waals surface area contributed by atoms with Gasteiger partial charge in [-0.1, -0.05) is 19.1 Å². The Morgan fingerprint density at radius 2 is 2.16 bits per heavy atom. The van der Waals surface area contributed by atoms with Crippen LogP contribution in [0, 0.1) is 12.3 Å². The van der Waals surface area contributed by atoms with Gasteiger partial charge < -0.3 is 14.4 Å². The summed E-state index contributed by atoms with van der Waals surface area (Å²) >= 11 is 0. The van der Waals surface area contributed by atoms with Crippen LogP contribution in [-0.2, 0) is 0 Å². The monoisotopic (exact) mass is 339 g/mol. The number of aryl methyl sites for hydroxylation is 1. The third-order valence-electron chi connectivity index (χ3n) is 6.24. The number of carbonyl (C=O) groups excluding carboxylic acids is 1. The standard InChI is InChI=1S/C21H25NO3/c1-3-21(13-23)12-17-8-10-19(21)22(17)20(24)16-6-4-5-15(11-16)18-9-7-14(2)25-18/h4-7,9,11,17,19,23H,3,8,10,12-13H2,1-2H3/t17-,19+,21-/m0/s1. The topological polar surface area (TPSA) is 53.7 Å². The SMILES string of the molecule is CC[C@@]1(CO)C[C@@H]2CC[C@H]1N2C(=O)c1cccc(-c2ccc(C)o2)c1. The maximum absolute atomic E-state index is 13.2. The van der Waals surface area contributed by atoms with E-state index in [0.717, 1.165) is 42.8 Å². The molecule has 2 fully saturated rings. The number of fused-ring (bicyclic) bond motifs is 2. The van der Waals surface area contributed by atoms with Gasteiger partial charge in [-0.25, -0.2) is 0 Å². The second kappa shape index (κ2) is 6.03. The summed E-state index contributed by atoms with van der Waals surface area (Å²) in [6.07, 6.45) is 3.89. The van der Waals surface area contributed by atoms with Crippen LogP contribution in [0.3, 0.4) is 0 Å². The minimum Gasteiger partial charge on any atom is -0.461 e. The lowest BCUT2D eigenvalue weighted by Crippen LogP contribution is -2.42. The zero-order chi connectivity index (χ0) is 17.6. The lowest BCUT2D eigenvalue weighted by molar-refractivity contribution is 0.0557. The Labute approximate surface area is 148 Å². The second-order valence-electron chi connectivity index (χ2n) is 7.53. The van der Waals surface area contributed by atoms with Crippen molar-refractivity contribution in [3.05, 3.63) is 47.7 Å². The van der Waals surface area contributed by atoms with Crippen molar-refractivity contribution in [2.24, 2.45) is 5.41 Å². The number of hydrogen-bond donors (Lipinski definition) is 1.